The molecule has 0 aliphatic heterocycles. The van der Waals surface area contributed by atoms with Gasteiger partial charge in [-0.05, 0) is 96.2 Å². The maximum atomic E-state index is 13.2. The third kappa shape index (κ3) is 4.42. The maximum Gasteiger partial charge on any atom is 0.422 e. The normalized spacial score (nSPS) is 46.5. The van der Waals surface area contributed by atoms with Gasteiger partial charge in [0.15, 0.2) is 12.4 Å². The van der Waals surface area contributed by atoms with Gasteiger partial charge in [-0.3, -0.25) is 9.59 Å². The van der Waals surface area contributed by atoms with Gasteiger partial charge >= 0.3 is 12.1 Å². The van der Waals surface area contributed by atoms with E-state index in [1.165, 1.54) is 0 Å². The maximum absolute atomic E-state index is 13.2. The second-order valence-corrected chi connectivity index (χ2v) is 16.2. The van der Waals surface area contributed by atoms with Crippen LogP contribution < -0.4 is 0 Å². The SMILES string of the molecule is CC1(C)CC2C(CC[C@]3(C)C2C(O)C[C@@H]2[C@@]4(C)C=C(C#N)C(=O)C(C)(C)[C@@H]4CC[C@]23C)[C@H](C(=O)OCC(F)(F)F)C1. The molecule has 5 aliphatic carbocycles. The molecule has 41 heavy (non-hydrogen) atoms. The fourth-order valence-corrected chi connectivity index (χ4v) is 11.5. The lowest BCUT2D eigenvalue weighted by Gasteiger charge is -2.72. The first kappa shape index (κ1) is 30.6. The number of alkyl halides is 3. The number of nitriles is 1. The van der Waals surface area contributed by atoms with Gasteiger partial charge < -0.3 is 9.84 Å². The van der Waals surface area contributed by atoms with Crippen molar-refractivity contribution in [2.24, 2.45) is 62.6 Å². The van der Waals surface area contributed by atoms with Gasteiger partial charge in [-0.1, -0.05) is 54.5 Å². The van der Waals surface area contributed by atoms with Crippen molar-refractivity contribution >= 4 is 11.8 Å². The topological polar surface area (TPSA) is 87.4 Å². The number of halogens is 3. The van der Waals surface area contributed by atoms with E-state index < -0.39 is 41.6 Å². The summed E-state index contributed by atoms with van der Waals surface area (Å²) >= 11 is 0. The molecule has 5 rings (SSSR count). The summed E-state index contributed by atoms with van der Waals surface area (Å²) in [6.45, 7) is 13.3. The van der Waals surface area contributed by atoms with Gasteiger partial charge in [-0.2, -0.15) is 18.4 Å². The summed E-state index contributed by atoms with van der Waals surface area (Å²) in [6, 6.07) is 2.17. The number of fused-ring (bicyclic) bond motifs is 7. The highest BCUT2D eigenvalue weighted by atomic mass is 19.4. The first-order valence-electron chi connectivity index (χ1n) is 15.3. The Morgan fingerprint density at radius 1 is 1.02 bits per heavy atom. The molecule has 5 nitrogen and oxygen atoms in total. The summed E-state index contributed by atoms with van der Waals surface area (Å²) in [4.78, 5) is 26.3. The molecule has 8 heteroatoms. The van der Waals surface area contributed by atoms with Gasteiger partial charge in [0, 0.05) is 5.41 Å². The number of ether oxygens (including phenoxy) is 1. The first-order valence-corrected chi connectivity index (χ1v) is 15.3. The number of hydrogen-bond acceptors (Lipinski definition) is 5. The smallest absolute Gasteiger partial charge is 0.422 e. The Bertz CT molecular complexity index is 1200. The molecule has 0 amide bonds. The van der Waals surface area contributed by atoms with Crippen LogP contribution in [0.3, 0.4) is 0 Å². The monoisotopic (exact) mass is 577 g/mol. The van der Waals surface area contributed by atoms with Crippen LogP contribution in [0.1, 0.15) is 93.4 Å². The van der Waals surface area contributed by atoms with Crippen LogP contribution in [-0.4, -0.2) is 35.7 Å². The molecule has 0 saturated heterocycles. The number of allylic oxidation sites excluding steroid dienone is 2. The third-order valence-electron chi connectivity index (χ3n) is 13.2. The Hall–Kier alpha value is -1.88. The van der Waals surface area contributed by atoms with E-state index in [2.05, 4.69) is 40.7 Å². The lowest BCUT2D eigenvalue weighted by molar-refractivity contribution is -0.251. The van der Waals surface area contributed by atoms with Crippen LogP contribution in [0.4, 0.5) is 13.2 Å². The summed E-state index contributed by atoms with van der Waals surface area (Å²) in [6.07, 6.45) is 1.75. The Labute approximate surface area is 242 Å². The number of ketones is 1. The van der Waals surface area contributed by atoms with Crippen molar-refractivity contribution < 1.29 is 32.6 Å². The first-order chi connectivity index (χ1) is 18.7. The zero-order valence-electron chi connectivity index (χ0n) is 25.5. The molecule has 0 spiro atoms. The van der Waals surface area contributed by atoms with E-state index in [-0.39, 0.29) is 57.2 Å². The Morgan fingerprint density at radius 2 is 1.66 bits per heavy atom. The van der Waals surface area contributed by atoms with Crippen molar-refractivity contribution in [1.82, 2.24) is 0 Å². The number of carbonyl (C=O) groups excluding carboxylic acids is 2. The van der Waals surface area contributed by atoms with Crippen LogP contribution >= 0.6 is 0 Å². The summed E-state index contributed by atoms with van der Waals surface area (Å²) in [5, 5.41) is 22.0. The predicted octanol–water partition coefficient (Wildman–Crippen LogP) is 7.04. The highest BCUT2D eigenvalue weighted by Crippen LogP contribution is 2.75. The van der Waals surface area contributed by atoms with Crippen molar-refractivity contribution in [1.29, 1.82) is 5.26 Å². The fourth-order valence-electron chi connectivity index (χ4n) is 11.5. The number of carbonyl (C=O) groups is 2. The average Bonchev–Trinajstić information content (AvgIpc) is 2.84. The molecule has 4 fully saturated rings. The predicted molar refractivity (Wildman–Crippen MR) is 147 cm³/mol. The second kappa shape index (κ2) is 9.31. The van der Waals surface area contributed by atoms with Crippen molar-refractivity contribution in [3.8, 4) is 6.07 Å². The van der Waals surface area contributed by atoms with E-state index in [0.29, 0.717) is 19.3 Å². The molecule has 4 saturated carbocycles. The molecule has 1 N–H and O–H groups in total. The summed E-state index contributed by atoms with van der Waals surface area (Å²) in [5.41, 5.74) is -1.62. The molecule has 0 aromatic carbocycles. The van der Waals surface area contributed by atoms with Crippen molar-refractivity contribution in [3.63, 3.8) is 0 Å². The summed E-state index contributed by atoms with van der Waals surface area (Å²) in [7, 11) is 0. The Kier molecular flexibility index (Phi) is 6.94. The van der Waals surface area contributed by atoms with E-state index in [9.17, 15) is 33.1 Å². The largest absolute Gasteiger partial charge is 0.456 e. The Balaban J connectivity index is 1.53. The summed E-state index contributed by atoms with van der Waals surface area (Å²) in [5.74, 6) is -1.59. The van der Waals surface area contributed by atoms with Crippen LogP contribution in [0.5, 0.6) is 0 Å². The summed E-state index contributed by atoms with van der Waals surface area (Å²) < 4.78 is 43.5. The zero-order valence-corrected chi connectivity index (χ0v) is 25.5. The van der Waals surface area contributed by atoms with Gasteiger partial charge in [0.1, 0.15) is 6.07 Å². The number of aliphatic hydroxyl groups excluding tert-OH is 1. The van der Waals surface area contributed by atoms with E-state index in [1.807, 2.05) is 19.9 Å². The van der Waals surface area contributed by atoms with Crippen LogP contribution in [-0.2, 0) is 14.3 Å². The van der Waals surface area contributed by atoms with Gasteiger partial charge in [0.2, 0.25) is 0 Å². The Morgan fingerprint density at radius 3 is 2.27 bits per heavy atom. The molecule has 5 aliphatic rings. The van der Waals surface area contributed by atoms with Crippen LogP contribution in [0, 0.1) is 73.9 Å². The van der Waals surface area contributed by atoms with E-state index in [0.717, 1.165) is 25.7 Å². The molecule has 0 radical (unpaired) electrons. The average molecular weight is 578 g/mol. The number of nitrogens with zero attached hydrogens (tertiary/aromatic N) is 1. The van der Waals surface area contributed by atoms with E-state index >= 15 is 0 Å². The van der Waals surface area contributed by atoms with Gasteiger partial charge in [-0.25, -0.2) is 0 Å². The highest BCUT2D eigenvalue weighted by Gasteiger charge is 2.71. The highest BCUT2D eigenvalue weighted by molar-refractivity contribution is 6.04. The molecular formula is C33H46F3NO4. The number of esters is 1. The van der Waals surface area contributed by atoms with Crippen LogP contribution in [0.25, 0.3) is 0 Å². The number of rotatable bonds is 2. The molecular weight excluding hydrogens is 531 g/mol. The van der Waals surface area contributed by atoms with Crippen molar-refractivity contribution in [3.05, 3.63) is 11.6 Å². The van der Waals surface area contributed by atoms with Crippen molar-refractivity contribution in [2.75, 3.05) is 6.61 Å². The van der Waals surface area contributed by atoms with Crippen LogP contribution in [0.2, 0.25) is 0 Å². The molecule has 4 unspecified atom stereocenters. The quantitative estimate of drug-likeness (QED) is 0.356. The number of hydrogen-bond donors (Lipinski definition) is 1. The third-order valence-corrected chi connectivity index (χ3v) is 13.2. The number of aliphatic hydroxyl groups is 1. The lowest BCUT2D eigenvalue weighted by Crippen LogP contribution is -2.68. The molecule has 10 atom stereocenters. The minimum absolute atomic E-state index is 0.00572. The minimum atomic E-state index is -4.57. The molecule has 0 bridgehead atoms. The molecule has 0 aromatic rings. The molecule has 0 heterocycles. The van der Waals surface area contributed by atoms with Gasteiger partial charge in [0.25, 0.3) is 0 Å². The van der Waals surface area contributed by atoms with Gasteiger partial charge in [-0.15, -0.1) is 0 Å². The standard InChI is InChI=1S/C33H46F3NO4/c1-28(2)14-20-19(21(15-28)27(40)41-17-33(34,35)36)8-10-32(7)25(20)22(38)12-24-30(5)13-18(16-37)26(39)29(3,4)23(30)9-11-31(24,32)6/h13,19-25,38H,8-12,14-15,17H2,1-7H3/t19?,20?,21-,22?,23+,24-,25?,30+,31-,32-/m1/s1. The molecule has 0 aromatic heterocycles. The minimum Gasteiger partial charge on any atom is -0.456 e. The lowest BCUT2D eigenvalue weighted by atomic mass is 9.32. The fraction of sp³-hybridized carbons (Fsp3) is 0.848. The zero-order chi connectivity index (χ0) is 30.6. The van der Waals surface area contributed by atoms with E-state index in [4.69, 9.17) is 4.74 Å². The second-order valence-electron chi connectivity index (χ2n) is 16.2. The van der Waals surface area contributed by atoms with Crippen molar-refractivity contribution in [2.45, 2.75) is 106 Å². The van der Waals surface area contributed by atoms with Crippen LogP contribution in [0.15, 0.2) is 11.6 Å². The number of Topliss-reactive ketones (excluding diaryl/α,β-unsaturated/α-hetero) is 1. The molecule has 228 valence electrons. The van der Waals surface area contributed by atoms with Gasteiger partial charge in [0.05, 0.1) is 17.6 Å². The van der Waals surface area contributed by atoms with E-state index in [1.54, 1.807) is 0 Å².